The van der Waals surface area contributed by atoms with E-state index in [4.69, 9.17) is 20.0 Å². The second-order valence-electron chi connectivity index (χ2n) is 7.93. The summed E-state index contributed by atoms with van der Waals surface area (Å²) in [7, 11) is 0. The van der Waals surface area contributed by atoms with Gasteiger partial charge in [-0.15, -0.1) is 0 Å². The number of rotatable bonds is 0. The molecule has 6 nitrogen and oxygen atoms in total. The molecule has 2 atom stereocenters. The lowest BCUT2D eigenvalue weighted by Gasteiger charge is -2.15. The summed E-state index contributed by atoms with van der Waals surface area (Å²) in [4.78, 5) is 28.6. The first-order valence-electron chi connectivity index (χ1n) is 11.1. The molecule has 3 heterocycles. The van der Waals surface area contributed by atoms with Crippen molar-refractivity contribution in [2.75, 3.05) is 39.3 Å². The van der Waals surface area contributed by atoms with Crippen LogP contribution in [0.4, 0.5) is 0 Å². The van der Waals surface area contributed by atoms with E-state index in [1.807, 2.05) is 12.4 Å². The van der Waals surface area contributed by atoms with Gasteiger partial charge in [0.15, 0.2) is 0 Å². The largest absolute Gasteiger partial charge is 0.296 e. The smallest absolute Gasteiger partial charge is 0.0691 e. The molecule has 29 heavy (non-hydrogen) atoms. The molecule has 0 aromatic carbocycles. The highest BCUT2D eigenvalue weighted by Gasteiger charge is 2.15. The zero-order chi connectivity index (χ0) is 20.9. The quantitative estimate of drug-likeness (QED) is 0.587. The van der Waals surface area contributed by atoms with Crippen molar-refractivity contribution in [3.05, 3.63) is 0 Å². The number of hydrogen-bond acceptors (Lipinski definition) is 6. The van der Waals surface area contributed by atoms with E-state index in [0.29, 0.717) is 0 Å². The summed E-state index contributed by atoms with van der Waals surface area (Å²) in [6.45, 7) is 13.3. The molecule has 3 rings (SSSR count). The van der Waals surface area contributed by atoms with Gasteiger partial charge in [-0.1, -0.05) is 0 Å². The van der Waals surface area contributed by atoms with Crippen LogP contribution < -0.4 is 0 Å². The molecule has 0 radical (unpaired) electrons. The van der Waals surface area contributed by atoms with Gasteiger partial charge in [0.2, 0.25) is 0 Å². The first-order chi connectivity index (χ1) is 14.1. The monoisotopic (exact) mass is 398 g/mol. The Morgan fingerprint density at radius 1 is 0.483 bits per heavy atom. The lowest BCUT2D eigenvalue weighted by molar-refractivity contribution is 0.694. The van der Waals surface area contributed by atoms with Gasteiger partial charge in [-0.3, -0.25) is 30.0 Å². The van der Waals surface area contributed by atoms with Crippen molar-refractivity contribution in [3.8, 4) is 0 Å². The van der Waals surface area contributed by atoms with Gasteiger partial charge >= 0.3 is 0 Å². The molecule has 0 saturated heterocycles. The molecule has 0 aromatic heterocycles. The Morgan fingerprint density at radius 2 is 0.828 bits per heavy atom. The van der Waals surface area contributed by atoms with Crippen LogP contribution in [0.1, 0.15) is 59.8 Å². The maximum absolute atomic E-state index is 4.83. The summed E-state index contributed by atoms with van der Waals surface area (Å²) in [5, 5.41) is 0. The molecule has 2 unspecified atom stereocenters. The molecule has 0 fully saturated rings. The third-order valence-electron chi connectivity index (χ3n) is 5.46. The van der Waals surface area contributed by atoms with Crippen molar-refractivity contribution in [2.45, 2.75) is 59.8 Å². The van der Waals surface area contributed by atoms with E-state index in [0.717, 1.165) is 94.2 Å². The van der Waals surface area contributed by atoms with Gasteiger partial charge in [-0.05, 0) is 59.8 Å². The van der Waals surface area contributed by atoms with E-state index in [9.17, 15) is 0 Å². The van der Waals surface area contributed by atoms with Gasteiger partial charge < -0.3 is 0 Å². The second-order valence-corrected chi connectivity index (χ2v) is 7.93. The zero-order valence-corrected chi connectivity index (χ0v) is 18.8. The van der Waals surface area contributed by atoms with Crippen molar-refractivity contribution < 1.29 is 0 Å². The van der Waals surface area contributed by atoms with Crippen LogP contribution in [0.2, 0.25) is 0 Å². The molecule has 2 bridgehead atoms. The molecule has 0 saturated carbocycles. The van der Waals surface area contributed by atoms with Gasteiger partial charge in [0.1, 0.15) is 0 Å². The Balaban J connectivity index is 2.35. The van der Waals surface area contributed by atoms with Gasteiger partial charge in [0, 0.05) is 74.5 Å². The number of nitrogens with zero attached hydrogens (tertiary/aromatic N) is 6. The molecule has 0 amide bonds. The normalized spacial score (nSPS) is 26.3. The average Bonchev–Trinajstić information content (AvgIpc) is 2.69. The van der Waals surface area contributed by atoms with E-state index in [1.165, 1.54) is 0 Å². The van der Waals surface area contributed by atoms with Gasteiger partial charge in [-0.2, -0.15) is 0 Å². The molecule has 0 aliphatic carbocycles. The number of fused-ring (bicyclic) bond motifs is 14. The summed E-state index contributed by atoms with van der Waals surface area (Å²) < 4.78 is 0. The molecule has 0 N–H and O–H groups in total. The van der Waals surface area contributed by atoms with Crippen molar-refractivity contribution in [2.24, 2.45) is 41.8 Å². The molecular formula is C23H38N6. The van der Waals surface area contributed by atoms with Crippen molar-refractivity contribution in [1.29, 1.82) is 0 Å². The fourth-order valence-corrected chi connectivity index (χ4v) is 3.54. The van der Waals surface area contributed by atoms with Crippen LogP contribution in [0, 0.1) is 11.8 Å². The lowest BCUT2D eigenvalue weighted by atomic mass is 10.00. The fraction of sp³-hybridized carbons (Fsp3) is 0.739. The Bertz CT molecular complexity index is 627. The third kappa shape index (κ3) is 8.50. The van der Waals surface area contributed by atoms with E-state index in [2.05, 4.69) is 37.7 Å². The second kappa shape index (κ2) is 13.3. The van der Waals surface area contributed by atoms with E-state index >= 15 is 0 Å². The summed E-state index contributed by atoms with van der Waals surface area (Å²) in [6, 6.07) is 0. The van der Waals surface area contributed by atoms with Crippen LogP contribution in [0.25, 0.3) is 0 Å². The van der Waals surface area contributed by atoms with Crippen LogP contribution in [0.5, 0.6) is 0 Å². The third-order valence-corrected chi connectivity index (χ3v) is 5.46. The number of hydrogen-bond donors (Lipinski definition) is 0. The minimum absolute atomic E-state index is 0.104. The summed E-state index contributed by atoms with van der Waals surface area (Å²) in [5.41, 5.74) is 4.42. The van der Waals surface area contributed by atoms with E-state index < -0.39 is 0 Å². The first kappa shape index (κ1) is 23.3. The summed E-state index contributed by atoms with van der Waals surface area (Å²) in [6.07, 6.45) is 9.29. The van der Waals surface area contributed by atoms with E-state index in [-0.39, 0.29) is 11.8 Å². The maximum atomic E-state index is 4.83. The van der Waals surface area contributed by atoms with Crippen molar-refractivity contribution >= 4 is 35.3 Å². The Morgan fingerprint density at radius 3 is 1.24 bits per heavy atom. The molecule has 0 spiro atoms. The predicted octanol–water partition coefficient (Wildman–Crippen LogP) is 4.18. The van der Waals surface area contributed by atoms with Crippen LogP contribution in [-0.4, -0.2) is 74.5 Å². The Labute approximate surface area is 176 Å². The van der Waals surface area contributed by atoms with Gasteiger partial charge in [0.25, 0.3) is 0 Å². The zero-order valence-electron chi connectivity index (χ0n) is 18.8. The molecule has 3 aliphatic rings. The van der Waals surface area contributed by atoms with E-state index in [1.54, 1.807) is 0 Å². The molecule has 160 valence electrons. The highest BCUT2D eigenvalue weighted by atomic mass is 14.8. The SMILES string of the molecule is CC1=NCCCCCN=C(C)C2C=NCCCN=CC1C(C)=NCCCN=C2C. The molecule has 6 heteroatoms. The Hall–Kier alpha value is -1.98. The fourth-order valence-electron chi connectivity index (χ4n) is 3.54. The van der Waals surface area contributed by atoms with Crippen LogP contribution in [-0.2, 0) is 0 Å². The minimum Gasteiger partial charge on any atom is -0.296 e. The highest BCUT2D eigenvalue weighted by Crippen LogP contribution is 2.08. The van der Waals surface area contributed by atoms with Crippen LogP contribution in [0.3, 0.4) is 0 Å². The summed E-state index contributed by atoms with van der Waals surface area (Å²) in [5.74, 6) is 0.208. The molecule has 0 aromatic rings. The Kier molecular flexibility index (Phi) is 10.7. The molecule has 3 aliphatic heterocycles. The topological polar surface area (TPSA) is 74.2 Å². The highest BCUT2D eigenvalue weighted by molar-refractivity contribution is 6.17. The van der Waals surface area contributed by atoms with Crippen molar-refractivity contribution in [1.82, 2.24) is 0 Å². The minimum atomic E-state index is 0.104. The lowest BCUT2D eigenvalue weighted by Crippen LogP contribution is -2.23. The van der Waals surface area contributed by atoms with Gasteiger partial charge in [0.05, 0.1) is 11.8 Å². The van der Waals surface area contributed by atoms with Gasteiger partial charge in [-0.25, -0.2) is 0 Å². The molecular weight excluding hydrogens is 360 g/mol. The van der Waals surface area contributed by atoms with Crippen molar-refractivity contribution in [3.63, 3.8) is 0 Å². The average molecular weight is 399 g/mol. The van der Waals surface area contributed by atoms with Crippen LogP contribution in [0.15, 0.2) is 30.0 Å². The summed E-state index contributed by atoms with van der Waals surface area (Å²) >= 11 is 0. The number of aliphatic imine (C=N–C) groups is 6. The maximum Gasteiger partial charge on any atom is 0.0691 e. The predicted molar refractivity (Wildman–Crippen MR) is 129 cm³/mol. The van der Waals surface area contributed by atoms with Crippen LogP contribution >= 0.6 is 0 Å². The first-order valence-corrected chi connectivity index (χ1v) is 11.1. The standard InChI is InChI=1S/C23H38N6/c1-18-22-16-24-10-8-11-25-17-23(19(2)27-13-7-5-6-12-26-18)21(4)29-15-9-14-28-20(22)3/h16-17,22-23H,5-15H2,1-4H3.